The number of nitrogens with one attached hydrogen (secondary N) is 1. The Kier molecular flexibility index (Phi) is 5.04. The van der Waals surface area contributed by atoms with Crippen molar-refractivity contribution in [3.63, 3.8) is 0 Å². The van der Waals surface area contributed by atoms with Crippen molar-refractivity contribution in [1.29, 1.82) is 0 Å². The molecule has 1 aromatic carbocycles. The molecule has 0 bridgehead atoms. The van der Waals surface area contributed by atoms with Gasteiger partial charge in [-0.1, -0.05) is 30.7 Å². The van der Waals surface area contributed by atoms with Crippen LogP contribution in [-0.2, 0) is 0 Å². The summed E-state index contributed by atoms with van der Waals surface area (Å²) in [5.41, 5.74) is 1.27. The van der Waals surface area contributed by atoms with E-state index in [9.17, 15) is 0 Å². The van der Waals surface area contributed by atoms with E-state index in [1.165, 1.54) is 31.6 Å². The lowest BCUT2D eigenvalue weighted by molar-refractivity contribution is 0.336. The fourth-order valence-electron chi connectivity index (χ4n) is 2.60. The Hall–Kier alpha value is -0.570. The quantitative estimate of drug-likeness (QED) is 0.880. The van der Waals surface area contributed by atoms with Gasteiger partial charge in [-0.2, -0.15) is 0 Å². The van der Waals surface area contributed by atoms with Gasteiger partial charge in [0.2, 0.25) is 0 Å². The van der Waals surface area contributed by atoms with Crippen molar-refractivity contribution in [3.8, 4) is 0 Å². The van der Waals surface area contributed by atoms with Crippen LogP contribution in [0.1, 0.15) is 31.9 Å². The van der Waals surface area contributed by atoms with E-state index in [2.05, 4.69) is 30.1 Å². The van der Waals surface area contributed by atoms with Crippen LogP contribution in [0.15, 0.2) is 24.3 Å². The van der Waals surface area contributed by atoms with Gasteiger partial charge in [-0.3, -0.25) is 0 Å². The van der Waals surface area contributed by atoms with Gasteiger partial charge in [0.1, 0.15) is 0 Å². The van der Waals surface area contributed by atoms with E-state index in [0.717, 1.165) is 17.5 Å². The third kappa shape index (κ3) is 3.71. The second-order valence-corrected chi connectivity index (χ2v) is 5.67. The smallest absolute Gasteiger partial charge is 0.0409 e. The maximum atomic E-state index is 6.02. The molecule has 0 radical (unpaired) electrons. The summed E-state index contributed by atoms with van der Waals surface area (Å²) in [6.07, 6.45) is 1.32. The first-order valence-corrected chi connectivity index (χ1v) is 7.28. The predicted molar refractivity (Wildman–Crippen MR) is 78.1 cm³/mol. The maximum absolute atomic E-state index is 6.02. The minimum absolute atomic E-state index is 0.374. The fourth-order valence-corrected chi connectivity index (χ4v) is 2.80. The molecule has 2 nitrogen and oxygen atoms in total. The molecule has 2 atom stereocenters. The van der Waals surface area contributed by atoms with Crippen molar-refractivity contribution < 1.29 is 0 Å². The molecule has 3 heteroatoms. The molecule has 1 heterocycles. The molecule has 0 saturated carbocycles. The van der Waals surface area contributed by atoms with Crippen LogP contribution in [0.4, 0.5) is 0 Å². The largest absolute Gasteiger partial charge is 0.310 e. The number of nitrogens with zero attached hydrogens (tertiary/aromatic N) is 1. The molecule has 0 spiro atoms. The van der Waals surface area contributed by atoms with Gasteiger partial charge in [-0.25, -0.2) is 0 Å². The van der Waals surface area contributed by atoms with E-state index in [-0.39, 0.29) is 0 Å². The molecule has 18 heavy (non-hydrogen) atoms. The van der Waals surface area contributed by atoms with E-state index in [1.807, 2.05) is 18.2 Å². The third-order valence-electron chi connectivity index (χ3n) is 3.88. The minimum Gasteiger partial charge on any atom is -0.310 e. The molecule has 1 aromatic rings. The Bertz CT molecular complexity index is 381. The Morgan fingerprint density at radius 3 is 3.00 bits per heavy atom. The molecule has 1 aliphatic heterocycles. The monoisotopic (exact) mass is 266 g/mol. The van der Waals surface area contributed by atoms with E-state index in [0.29, 0.717) is 6.04 Å². The van der Waals surface area contributed by atoms with Gasteiger partial charge in [0.25, 0.3) is 0 Å². The van der Waals surface area contributed by atoms with Gasteiger partial charge < -0.3 is 10.2 Å². The van der Waals surface area contributed by atoms with Crippen LogP contribution >= 0.6 is 11.6 Å². The first-order chi connectivity index (χ1) is 8.69. The number of hydrogen-bond donors (Lipinski definition) is 1. The molecule has 2 rings (SSSR count). The Balaban J connectivity index is 1.80. The van der Waals surface area contributed by atoms with E-state index < -0.39 is 0 Å². The molecular weight excluding hydrogens is 244 g/mol. The highest BCUT2D eigenvalue weighted by atomic mass is 35.5. The zero-order valence-electron chi connectivity index (χ0n) is 11.3. The molecule has 1 saturated heterocycles. The zero-order valence-corrected chi connectivity index (χ0v) is 12.1. The highest BCUT2D eigenvalue weighted by molar-refractivity contribution is 6.30. The van der Waals surface area contributed by atoms with Crippen molar-refractivity contribution >= 4 is 11.6 Å². The van der Waals surface area contributed by atoms with Crippen LogP contribution in [0.5, 0.6) is 0 Å². The Morgan fingerprint density at radius 2 is 2.33 bits per heavy atom. The summed E-state index contributed by atoms with van der Waals surface area (Å²) in [5, 5.41) is 4.45. The highest BCUT2D eigenvalue weighted by Crippen LogP contribution is 2.19. The van der Waals surface area contributed by atoms with E-state index in [1.54, 1.807) is 0 Å². The minimum atomic E-state index is 0.374. The second-order valence-electron chi connectivity index (χ2n) is 5.23. The van der Waals surface area contributed by atoms with Crippen LogP contribution in [-0.4, -0.2) is 31.1 Å². The summed E-state index contributed by atoms with van der Waals surface area (Å²) in [6, 6.07) is 8.50. The fraction of sp³-hybridized carbons (Fsp3) is 0.600. The van der Waals surface area contributed by atoms with Gasteiger partial charge in [-0.15, -0.1) is 0 Å². The molecular formula is C15H23ClN2. The van der Waals surface area contributed by atoms with Crippen molar-refractivity contribution in [3.05, 3.63) is 34.9 Å². The van der Waals surface area contributed by atoms with Gasteiger partial charge in [-0.05, 0) is 56.6 Å². The molecule has 1 fully saturated rings. The molecule has 0 amide bonds. The summed E-state index contributed by atoms with van der Waals surface area (Å²) in [6.45, 7) is 9.23. The maximum Gasteiger partial charge on any atom is 0.0409 e. The van der Waals surface area contributed by atoms with Crippen LogP contribution in [0.2, 0.25) is 5.02 Å². The number of halogens is 1. The molecule has 1 aliphatic rings. The van der Waals surface area contributed by atoms with Crippen LogP contribution in [0.25, 0.3) is 0 Å². The van der Waals surface area contributed by atoms with E-state index >= 15 is 0 Å². The Labute approximate surface area is 115 Å². The average molecular weight is 267 g/mol. The lowest BCUT2D eigenvalue weighted by atomic mass is 10.1. The van der Waals surface area contributed by atoms with Crippen molar-refractivity contribution in [2.45, 2.75) is 26.3 Å². The standard InChI is InChI=1S/C15H23ClN2/c1-3-18-8-7-13(11-18)10-17-12(2)14-5-4-6-15(16)9-14/h4-6,9,12-13,17H,3,7-8,10-11H2,1-2H3. The molecule has 0 aromatic heterocycles. The lowest BCUT2D eigenvalue weighted by Crippen LogP contribution is -2.28. The molecule has 2 unspecified atom stereocenters. The number of rotatable bonds is 5. The lowest BCUT2D eigenvalue weighted by Gasteiger charge is -2.18. The summed E-state index contributed by atoms with van der Waals surface area (Å²) >= 11 is 6.02. The molecule has 100 valence electrons. The number of hydrogen-bond acceptors (Lipinski definition) is 2. The normalized spacial score (nSPS) is 22.3. The van der Waals surface area contributed by atoms with Crippen molar-refractivity contribution in [1.82, 2.24) is 10.2 Å². The van der Waals surface area contributed by atoms with Crippen LogP contribution in [0, 0.1) is 5.92 Å². The summed E-state index contributed by atoms with van der Waals surface area (Å²) in [4.78, 5) is 2.52. The summed E-state index contributed by atoms with van der Waals surface area (Å²) in [5.74, 6) is 0.798. The SMILES string of the molecule is CCN1CCC(CNC(C)c2cccc(Cl)c2)C1. The first kappa shape index (κ1) is 13.9. The van der Waals surface area contributed by atoms with Crippen LogP contribution < -0.4 is 5.32 Å². The topological polar surface area (TPSA) is 15.3 Å². The van der Waals surface area contributed by atoms with Crippen molar-refractivity contribution in [2.75, 3.05) is 26.2 Å². The molecule has 0 aliphatic carbocycles. The van der Waals surface area contributed by atoms with Crippen LogP contribution in [0.3, 0.4) is 0 Å². The second kappa shape index (κ2) is 6.55. The number of likely N-dealkylation sites (tertiary alicyclic amines) is 1. The predicted octanol–water partition coefficient (Wildman–Crippen LogP) is 3.33. The first-order valence-electron chi connectivity index (χ1n) is 6.90. The Morgan fingerprint density at radius 1 is 1.50 bits per heavy atom. The summed E-state index contributed by atoms with van der Waals surface area (Å²) < 4.78 is 0. The average Bonchev–Trinajstić information content (AvgIpc) is 2.84. The van der Waals surface area contributed by atoms with Crippen molar-refractivity contribution in [2.24, 2.45) is 5.92 Å². The highest BCUT2D eigenvalue weighted by Gasteiger charge is 2.21. The van der Waals surface area contributed by atoms with E-state index in [4.69, 9.17) is 11.6 Å². The number of benzene rings is 1. The van der Waals surface area contributed by atoms with Gasteiger partial charge in [0, 0.05) is 17.6 Å². The van der Waals surface area contributed by atoms with Gasteiger partial charge in [0.05, 0.1) is 0 Å². The zero-order chi connectivity index (χ0) is 13.0. The summed E-state index contributed by atoms with van der Waals surface area (Å²) in [7, 11) is 0. The molecule has 1 N–H and O–H groups in total. The van der Waals surface area contributed by atoms with Gasteiger partial charge in [0.15, 0.2) is 0 Å². The third-order valence-corrected chi connectivity index (χ3v) is 4.11. The van der Waals surface area contributed by atoms with Gasteiger partial charge >= 0.3 is 0 Å².